The highest BCUT2D eigenvalue weighted by molar-refractivity contribution is 5.85. The molecule has 0 spiro atoms. The van der Waals surface area contributed by atoms with E-state index in [-0.39, 0.29) is 36.1 Å². The number of nitrogens with zero attached hydrogens (tertiary/aromatic N) is 2. The molecule has 0 unspecified atom stereocenters. The normalized spacial score (nSPS) is 20.7. The largest absolute Gasteiger partial charge is 0.316 e. The predicted octanol–water partition coefficient (Wildman–Crippen LogP) is 2.38. The zero-order valence-electron chi connectivity index (χ0n) is 13.5. The smallest absolute Gasteiger partial charge is 0.244 e. The maximum absolute atomic E-state index is 12.9. The minimum atomic E-state index is -0.321. The van der Waals surface area contributed by atoms with E-state index in [1.54, 1.807) is 5.01 Å². The van der Waals surface area contributed by atoms with E-state index in [4.69, 9.17) is 0 Å². The number of hydrazine groups is 1. The lowest BCUT2D eigenvalue weighted by atomic mass is 9.74. The first-order valence-corrected chi connectivity index (χ1v) is 7.25. The molecule has 6 heteroatoms. The van der Waals surface area contributed by atoms with Gasteiger partial charge in [-0.1, -0.05) is 30.3 Å². The molecule has 0 bridgehead atoms. The second kappa shape index (κ2) is 9.36. The van der Waals surface area contributed by atoms with Crippen LogP contribution in [0.2, 0.25) is 0 Å². The Kier molecular flexibility index (Phi) is 9.01. The summed E-state index contributed by atoms with van der Waals surface area (Å²) in [4.78, 5) is 12.9. The highest BCUT2D eigenvalue weighted by atomic mass is 35.5. The molecule has 4 nitrogen and oxygen atoms in total. The summed E-state index contributed by atoms with van der Waals surface area (Å²) in [6.45, 7) is 1.77. The highest BCUT2D eigenvalue weighted by Gasteiger charge is 2.41. The van der Waals surface area contributed by atoms with Gasteiger partial charge in [-0.05, 0) is 31.4 Å². The summed E-state index contributed by atoms with van der Waals surface area (Å²) < 4.78 is 0. The maximum Gasteiger partial charge on any atom is 0.244 e. The average molecular weight is 348 g/mol. The van der Waals surface area contributed by atoms with Crippen LogP contribution >= 0.6 is 24.8 Å². The SMILES string of the molecule is CN(C)N(C)C(=O)[C@@]1(Cc2ccccc2)CCCNC1.Cl.Cl. The summed E-state index contributed by atoms with van der Waals surface area (Å²) in [5, 5.41) is 6.99. The molecule has 0 aliphatic carbocycles. The summed E-state index contributed by atoms with van der Waals surface area (Å²) in [7, 11) is 5.67. The zero-order valence-corrected chi connectivity index (χ0v) is 15.2. The molecule has 1 aliphatic rings. The van der Waals surface area contributed by atoms with Crippen molar-refractivity contribution in [3.63, 3.8) is 0 Å². The van der Waals surface area contributed by atoms with Gasteiger partial charge in [-0.15, -0.1) is 24.8 Å². The van der Waals surface area contributed by atoms with Gasteiger partial charge in [0, 0.05) is 27.7 Å². The quantitative estimate of drug-likeness (QED) is 0.849. The molecule has 1 aliphatic heterocycles. The molecule has 1 N–H and O–H groups in total. The van der Waals surface area contributed by atoms with Gasteiger partial charge >= 0.3 is 0 Å². The van der Waals surface area contributed by atoms with Crippen LogP contribution in [0, 0.1) is 5.41 Å². The van der Waals surface area contributed by atoms with Crippen LogP contribution in [0.15, 0.2) is 30.3 Å². The first-order chi connectivity index (χ1) is 9.55. The van der Waals surface area contributed by atoms with Crippen LogP contribution in [-0.2, 0) is 11.2 Å². The minimum absolute atomic E-state index is 0. The van der Waals surface area contributed by atoms with Gasteiger partial charge in [0.2, 0.25) is 5.91 Å². The molecular formula is C16H27Cl2N3O. The number of halogens is 2. The van der Waals surface area contributed by atoms with Gasteiger partial charge in [-0.25, -0.2) is 5.01 Å². The second-order valence-corrected chi connectivity index (χ2v) is 5.90. The van der Waals surface area contributed by atoms with Crippen molar-refractivity contribution in [2.24, 2.45) is 5.41 Å². The molecule has 1 heterocycles. The van der Waals surface area contributed by atoms with E-state index in [1.807, 2.05) is 44.4 Å². The molecule has 2 rings (SSSR count). The summed E-state index contributed by atoms with van der Waals surface area (Å²) >= 11 is 0. The molecule has 22 heavy (non-hydrogen) atoms. The molecule has 1 aromatic rings. The molecule has 1 saturated heterocycles. The van der Waals surface area contributed by atoms with E-state index >= 15 is 0 Å². The minimum Gasteiger partial charge on any atom is -0.316 e. The fourth-order valence-electron chi connectivity index (χ4n) is 2.89. The van der Waals surface area contributed by atoms with E-state index in [2.05, 4.69) is 17.4 Å². The zero-order chi connectivity index (χ0) is 14.6. The maximum atomic E-state index is 12.9. The number of rotatable bonds is 4. The van der Waals surface area contributed by atoms with E-state index in [0.29, 0.717) is 0 Å². The van der Waals surface area contributed by atoms with Gasteiger partial charge < -0.3 is 5.32 Å². The number of piperidine rings is 1. The molecule has 1 fully saturated rings. The number of carbonyl (C=O) groups is 1. The van der Waals surface area contributed by atoms with E-state index in [1.165, 1.54) is 5.56 Å². The molecule has 1 atom stereocenters. The van der Waals surface area contributed by atoms with Crippen LogP contribution in [0.4, 0.5) is 0 Å². The lowest BCUT2D eigenvalue weighted by molar-refractivity contribution is -0.154. The van der Waals surface area contributed by atoms with Crippen molar-refractivity contribution in [1.29, 1.82) is 0 Å². The Morgan fingerprint density at radius 2 is 1.82 bits per heavy atom. The van der Waals surface area contributed by atoms with Gasteiger partial charge in [0.25, 0.3) is 0 Å². The topological polar surface area (TPSA) is 35.6 Å². The first-order valence-electron chi connectivity index (χ1n) is 7.25. The van der Waals surface area contributed by atoms with Gasteiger partial charge in [0.1, 0.15) is 0 Å². The summed E-state index contributed by atoms with van der Waals surface area (Å²) in [5.74, 6) is 0.207. The standard InChI is InChI=1S/C16H25N3O.2ClH/c1-18(2)19(3)15(20)16(10-7-11-17-13-16)12-14-8-5-4-6-9-14;;/h4-6,8-9,17H,7,10-13H2,1-3H3;2*1H/t16-;;/m1../s1. The lowest BCUT2D eigenvalue weighted by Crippen LogP contribution is -2.55. The summed E-state index contributed by atoms with van der Waals surface area (Å²) in [6, 6.07) is 10.3. The number of nitrogens with one attached hydrogen (secondary N) is 1. The first kappa shape index (κ1) is 21.2. The van der Waals surface area contributed by atoms with E-state index < -0.39 is 0 Å². The van der Waals surface area contributed by atoms with Crippen LogP contribution in [0.1, 0.15) is 18.4 Å². The fourth-order valence-corrected chi connectivity index (χ4v) is 2.89. The Morgan fingerprint density at radius 3 is 2.32 bits per heavy atom. The van der Waals surface area contributed by atoms with Crippen molar-refractivity contribution >= 4 is 30.7 Å². The van der Waals surface area contributed by atoms with Crippen molar-refractivity contribution in [3.05, 3.63) is 35.9 Å². The van der Waals surface area contributed by atoms with Crippen molar-refractivity contribution in [2.75, 3.05) is 34.2 Å². The third-order valence-corrected chi connectivity index (χ3v) is 4.21. The lowest BCUT2D eigenvalue weighted by Gasteiger charge is -2.40. The number of benzene rings is 1. The van der Waals surface area contributed by atoms with Gasteiger partial charge in [-0.3, -0.25) is 9.80 Å². The van der Waals surface area contributed by atoms with Gasteiger partial charge in [0.05, 0.1) is 5.41 Å². The van der Waals surface area contributed by atoms with Crippen LogP contribution in [0.25, 0.3) is 0 Å². The Hall–Kier alpha value is -0.810. The Bertz CT molecular complexity index is 448. The fraction of sp³-hybridized carbons (Fsp3) is 0.562. The molecule has 0 radical (unpaired) electrons. The summed E-state index contributed by atoms with van der Waals surface area (Å²) in [6.07, 6.45) is 2.81. The van der Waals surface area contributed by atoms with Gasteiger partial charge in [-0.2, -0.15) is 0 Å². The predicted molar refractivity (Wildman–Crippen MR) is 95.6 cm³/mol. The molecular weight excluding hydrogens is 321 g/mol. The Morgan fingerprint density at radius 1 is 1.18 bits per heavy atom. The molecule has 0 aromatic heterocycles. The van der Waals surface area contributed by atoms with Crippen LogP contribution < -0.4 is 5.32 Å². The number of amides is 1. The van der Waals surface area contributed by atoms with Crippen molar-refractivity contribution in [3.8, 4) is 0 Å². The number of carbonyl (C=O) groups excluding carboxylic acids is 1. The van der Waals surface area contributed by atoms with E-state index in [9.17, 15) is 4.79 Å². The molecule has 0 saturated carbocycles. The molecule has 1 amide bonds. The Balaban J connectivity index is 0.00000220. The monoisotopic (exact) mass is 347 g/mol. The third-order valence-electron chi connectivity index (χ3n) is 4.21. The van der Waals surface area contributed by atoms with E-state index in [0.717, 1.165) is 32.4 Å². The van der Waals surface area contributed by atoms with Crippen LogP contribution in [0.3, 0.4) is 0 Å². The van der Waals surface area contributed by atoms with Crippen molar-refractivity contribution < 1.29 is 4.79 Å². The second-order valence-electron chi connectivity index (χ2n) is 5.90. The van der Waals surface area contributed by atoms with Crippen molar-refractivity contribution in [2.45, 2.75) is 19.3 Å². The van der Waals surface area contributed by atoms with Gasteiger partial charge in [0.15, 0.2) is 0 Å². The third kappa shape index (κ3) is 4.85. The summed E-state index contributed by atoms with van der Waals surface area (Å²) in [5.41, 5.74) is 0.912. The van der Waals surface area contributed by atoms with Crippen LogP contribution in [-0.4, -0.2) is 50.2 Å². The Labute approximate surface area is 146 Å². The van der Waals surface area contributed by atoms with Crippen LogP contribution in [0.5, 0.6) is 0 Å². The molecule has 126 valence electrons. The number of hydrogen-bond acceptors (Lipinski definition) is 3. The highest BCUT2D eigenvalue weighted by Crippen LogP contribution is 2.32. The molecule has 1 aromatic carbocycles. The number of hydrogen-bond donors (Lipinski definition) is 1. The average Bonchev–Trinajstić information content (AvgIpc) is 2.47. The van der Waals surface area contributed by atoms with Crippen molar-refractivity contribution in [1.82, 2.24) is 15.3 Å².